The predicted molar refractivity (Wildman–Crippen MR) is 116 cm³/mol. The molecule has 2 saturated carbocycles. The summed E-state index contributed by atoms with van der Waals surface area (Å²) in [5, 5.41) is 2.06. The lowest BCUT2D eigenvalue weighted by Gasteiger charge is -2.24. The fourth-order valence-electron chi connectivity index (χ4n) is 2.77. The number of hydrogen-bond acceptors (Lipinski definition) is 3. The van der Waals surface area contributed by atoms with Crippen molar-refractivity contribution in [3.63, 3.8) is 0 Å². The number of halogens is 4. The quantitative estimate of drug-likeness (QED) is 0.379. The third-order valence-electron chi connectivity index (χ3n) is 4.81. The summed E-state index contributed by atoms with van der Waals surface area (Å²) in [6, 6.07) is 2.59. The number of nitrogens with one attached hydrogen (secondary N) is 2. The Bertz CT molecular complexity index is 616. The Labute approximate surface area is 181 Å². The van der Waals surface area contributed by atoms with Crippen LogP contribution in [0.15, 0.2) is 18.2 Å². The molecule has 3 rings (SSSR count). The molecule has 1 amide bonds. The number of alkyl halides is 3. The second kappa shape index (κ2) is 13.4. The largest absolute Gasteiger partial charge is 0.416 e. The fourth-order valence-corrected chi connectivity index (χ4v) is 3.44. The van der Waals surface area contributed by atoms with Crippen LogP contribution in [0, 0.1) is 11.8 Å². The molecule has 0 aromatic heterocycles. The van der Waals surface area contributed by atoms with Gasteiger partial charge in [-0.2, -0.15) is 13.2 Å². The highest BCUT2D eigenvalue weighted by Crippen LogP contribution is 2.41. The van der Waals surface area contributed by atoms with E-state index in [1.807, 2.05) is 7.05 Å². The molecule has 0 saturated heterocycles. The molecule has 2 N–H and O–H groups in total. The number of carbonyl (C=O) groups excluding carboxylic acids is 1. The molecule has 0 atom stereocenters. The minimum absolute atomic E-state index is 0.0205. The third kappa shape index (κ3) is 10.6. The summed E-state index contributed by atoms with van der Waals surface area (Å²) in [6.07, 6.45) is 6.12. The maximum atomic E-state index is 12.2. The average molecular weight is 453 g/mol. The van der Waals surface area contributed by atoms with E-state index >= 15 is 0 Å². The molecule has 2 aliphatic carbocycles. The molecule has 0 heterocycles. The first-order valence-electron chi connectivity index (χ1n) is 10.1. The molecule has 1 aromatic rings. The molecule has 29 heavy (non-hydrogen) atoms. The van der Waals surface area contributed by atoms with Crippen LogP contribution < -0.4 is 10.0 Å². The maximum Gasteiger partial charge on any atom is 0.416 e. The summed E-state index contributed by atoms with van der Waals surface area (Å²) in [7, 11) is 3.32. The van der Waals surface area contributed by atoms with Gasteiger partial charge in [0, 0.05) is 12.8 Å². The van der Waals surface area contributed by atoms with Gasteiger partial charge in [-0.05, 0) is 49.9 Å². The zero-order chi connectivity index (χ0) is 21.9. The van der Waals surface area contributed by atoms with Gasteiger partial charge in [-0.1, -0.05) is 62.6 Å². The van der Waals surface area contributed by atoms with Gasteiger partial charge < -0.3 is 5.32 Å². The summed E-state index contributed by atoms with van der Waals surface area (Å²) in [5.41, 5.74) is -0.854. The minimum atomic E-state index is -4.45. The molecule has 0 aliphatic heterocycles. The normalized spacial score (nSPS) is 16.0. The zero-order valence-electron chi connectivity index (χ0n) is 17.4. The molecule has 0 radical (unpaired) electrons. The van der Waals surface area contributed by atoms with Crippen molar-refractivity contribution in [1.82, 2.24) is 10.0 Å². The fraction of sp³-hybridized carbons (Fsp3) is 0.667. The molecule has 8 heteroatoms. The lowest BCUT2D eigenvalue weighted by Crippen LogP contribution is -2.18. The van der Waals surface area contributed by atoms with Gasteiger partial charge in [-0.3, -0.25) is 9.52 Å². The molecule has 0 spiro atoms. The first-order chi connectivity index (χ1) is 13.7. The molecule has 2 fully saturated rings. The second-order valence-electron chi connectivity index (χ2n) is 7.30. The summed E-state index contributed by atoms with van der Waals surface area (Å²) >= 11 is 7.31. The Morgan fingerprint density at radius 1 is 1.17 bits per heavy atom. The van der Waals surface area contributed by atoms with E-state index in [4.69, 9.17) is 11.6 Å². The molecule has 0 unspecified atom stereocenters. The Morgan fingerprint density at radius 3 is 2.14 bits per heavy atom. The average Bonchev–Trinajstić information content (AvgIpc) is 3.47. The van der Waals surface area contributed by atoms with Crippen molar-refractivity contribution < 1.29 is 18.0 Å². The van der Waals surface area contributed by atoms with Crippen molar-refractivity contribution in [2.75, 3.05) is 19.8 Å². The van der Waals surface area contributed by atoms with Crippen molar-refractivity contribution in [2.24, 2.45) is 11.8 Å². The Kier molecular flexibility index (Phi) is 12.1. The van der Waals surface area contributed by atoms with Crippen molar-refractivity contribution in [1.29, 1.82) is 0 Å². The molecule has 0 bridgehead atoms. The summed E-state index contributed by atoms with van der Waals surface area (Å²) < 4.78 is 39.7. The van der Waals surface area contributed by atoms with E-state index in [2.05, 4.69) is 17.0 Å². The van der Waals surface area contributed by atoms with Crippen LogP contribution in [0.2, 0.25) is 5.02 Å². The summed E-state index contributed by atoms with van der Waals surface area (Å²) in [4.78, 5) is 11.1. The molecular weight excluding hydrogens is 421 g/mol. The topological polar surface area (TPSA) is 41.1 Å². The molecular formula is C21H32ClF3N2OS. The minimum Gasteiger partial charge on any atom is -0.355 e. The van der Waals surface area contributed by atoms with E-state index in [0.29, 0.717) is 0 Å². The van der Waals surface area contributed by atoms with Crippen LogP contribution >= 0.6 is 23.5 Å². The predicted octanol–water partition coefficient (Wildman–Crippen LogP) is 6.57. The van der Waals surface area contributed by atoms with Gasteiger partial charge in [-0.15, -0.1) is 0 Å². The monoisotopic (exact) mass is 452 g/mol. The van der Waals surface area contributed by atoms with E-state index in [0.717, 1.165) is 18.2 Å². The van der Waals surface area contributed by atoms with Gasteiger partial charge in [0.05, 0.1) is 16.1 Å². The van der Waals surface area contributed by atoms with Crippen molar-refractivity contribution in [3.8, 4) is 0 Å². The maximum absolute atomic E-state index is 12.2. The molecule has 1 aromatic carbocycles. The number of amides is 1. The van der Waals surface area contributed by atoms with E-state index < -0.39 is 17.6 Å². The van der Waals surface area contributed by atoms with Crippen LogP contribution in [-0.4, -0.2) is 25.8 Å². The number of benzene rings is 1. The highest BCUT2D eigenvalue weighted by Gasteiger charge is 2.31. The standard InChI is InChI=1S/C9H7ClF3NO.C8H14.C4H11NS/c1-14-8(15)6-3-2-5(4-7(6)10)9(11,12)13;1-2-7(3-1)6-8-4-5-8;1-3-4-6-5-2/h2-4H,1H3,(H,14,15);7-8H,1-6H2;5H,3-4H2,1-2H3. The first kappa shape index (κ1) is 26.1. The van der Waals surface area contributed by atoms with Crippen LogP contribution in [0.4, 0.5) is 13.2 Å². The number of hydrogen-bond donors (Lipinski definition) is 2. The Balaban J connectivity index is 0.000000249. The van der Waals surface area contributed by atoms with Crippen LogP contribution in [-0.2, 0) is 6.18 Å². The third-order valence-corrected chi connectivity index (χ3v) is 6.02. The lowest BCUT2D eigenvalue weighted by atomic mass is 9.82. The highest BCUT2D eigenvalue weighted by molar-refractivity contribution is 7.97. The summed E-state index contributed by atoms with van der Waals surface area (Å²) in [6.45, 7) is 2.17. The Hall–Kier alpha value is -0.920. The smallest absolute Gasteiger partial charge is 0.355 e. The van der Waals surface area contributed by atoms with E-state index in [-0.39, 0.29) is 10.6 Å². The number of rotatable bonds is 6. The molecule has 166 valence electrons. The van der Waals surface area contributed by atoms with Crippen LogP contribution in [0.25, 0.3) is 0 Å². The molecule has 3 nitrogen and oxygen atoms in total. The molecule has 2 aliphatic rings. The van der Waals surface area contributed by atoms with Gasteiger partial charge in [0.1, 0.15) is 0 Å². The van der Waals surface area contributed by atoms with Crippen molar-refractivity contribution in [3.05, 3.63) is 34.3 Å². The van der Waals surface area contributed by atoms with Gasteiger partial charge >= 0.3 is 6.18 Å². The highest BCUT2D eigenvalue weighted by atomic mass is 35.5. The lowest BCUT2D eigenvalue weighted by molar-refractivity contribution is -0.137. The number of carbonyl (C=O) groups is 1. The van der Waals surface area contributed by atoms with E-state index in [1.54, 1.807) is 44.1 Å². The summed E-state index contributed by atoms with van der Waals surface area (Å²) in [5.74, 6) is 3.05. The van der Waals surface area contributed by atoms with E-state index in [1.165, 1.54) is 37.5 Å². The van der Waals surface area contributed by atoms with Crippen LogP contribution in [0.1, 0.15) is 67.8 Å². The van der Waals surface area contributed by atoms with Gasteiger partial charge in [0.15, 0.2) is 0 Å². The van der Waals surface area contributed by atoms with Gasteiger partial charge in [0.2, 0.25) is 0 Å². The van der Waals surface area contributed by atoms with Gasteiger partial charge in [-0.25, -0.2) is 0 Å². The van der Waals surface area contributed by atoms with Gasteiger partial charge in [0.25, 0.3) is 5.91 Å². The van der Waals surface area contributed by atoms with Crippen LogP contribution in [0.5, 0.6) is 0 Å². The second-order valence-corrected chi connectivity index (χ2v) is 8.81. The first-order valence-corrected chi connectivity index (χ1v) is 11.5. The zero-order valence-corrected chi connectivity index (χ0v) is 18.9. The van der Waals surface area contributed by atoms with Crippen molar-refractivity contribution in [2.45, 2.75) is 58.0 Å². The van der Waals surface area contributed by atoms with E-state index in [9.17, 15) is 18.0 Å². The van der Waals surface area contributed by atoms with Crippen molar-refractivity contribution >= 4 is 29.5 Å². The SMILES string of the molecule is C1CC(CC2CC2)C1.CCCSNC.CNC(=O)c1ccc(C(F)(F)F)cc1Cl. The Morgan fingerprint density at radius 2 is 1.79 bits per heavy atom. The van der Waals surface area contributed by atoms with Crippen LogP contribution in [0.3, 0.4) is 0 Å².